The predicted molar refractivity (Wildman–Crippen MR) is 89.2 cm³/mol. The van der Waals surface area contributed by atoms with Crippen LogP contribution in [0.4, 0.5) is 0 Å². The molecule has 2 aliphatic heterocycles. The molecule has 3 heterocycles. The highest BCUT2D eigenvalue weighted by Gasteiger charge is 2.51. The third-order valence-corrected chi connectivity index (χ3v) is 5.30. The van der Waals surface area contributed by atoms with Crippen molar-refractivity contribution in [3.63, 3.8) is 0 Å². The minimum absolute atomic E-state index is 0.270. The number of hydrogen-bond donors (Lipinski definition) is 0. The fourth-order valence-corrected chi connectivity index (χ4v) is 4.11. The molecule has 0 aliphatic carbocycles. The van der Waals surface area contributed by atoms with Crippen LogP contribution in [0, 0.1) is 0 Å². The smallest absolute Gasteiger partial charge is 0.243 e. The van der Waals surface area contributed by atoms with Crippen LogP contribution in [-0.4, -0.2) is 52.5 Å². The monoisotopic (exact) mass is 317 g/mol. The Bertz CT molecular complexity index is 575. The molecule has 0 N–H and O–H groups in total. The largest absolute Gasteiger partial charge is 0.495 e. The van der Waals surface area contributed by atoms with E-state index in [1.165, 1.54) is 0 Å². The lowest BCUT2D eigenvalue weighted by molar-refractivity contribution is -0.149. The van der Waals surface area contributed by atoms with E-state index in [1.807, 2.05) is 12.1 Å². The number of nitrogens with zero attached hydrogens (tertiary/aromatic N) is 3. The van der Waals surface area contributed by atoms with Crippen molar-refractivity contribution < 1.29 is 9.53 Å². The highest BCUT2D eigenvalue weighted by atomic mass is 16.5. The Kier molecular flexibility index (Phi) is 4.57. The van der Waals surface area contributed by atoms with Gasteiger partial charge in [-0.1, -0.05) is 0 Å². The van der Waals surface area contributed by atoms with Gasteiger partial charge < -0.3 is 9.64 Å². The lowest BCUT2D eigenvalue weighted by Gasteiger charge is -2.46. The summed E-state index contributed by atoms with van der Waals surface area (Å²) in [5.74, 6) is 1.12. The Morgan fingerprint density at radius 2 is 2.04 bits per heavy atom. The molecule has 0 radical (unpaired) electrons. The molecule has 5 nitrogen and oxygen atoms in total. The fourth-order valence-electron chi connectivity index (χ4n) is 4.11. The zero-order valence-electron chi connectivity index (χ0n) is 14.4. The Balaban J connectivity index is 1.86. The minimum atomic E-state index is -0.328. The van der Waals surface area contributed by atoms with Crippen molar-refractivity contribution in [1.82, 2.24) is 14.8 Å². The van der Waals surface area contributed by atoms with Crippen molar-refractivity contribution >= 4 is 5.91 Å². The van der Waals surface area contributed by atoms with Gasteiger partial charge in [0.2, 0.25) is 5.91 Å². The Morgan fingerprint density at radius 1 is 1.30 bits per heavy atom. The number of carbonyl (C=O) groups is 1. The molecule has 0 aromatic carbocycles. The summed E-state index contributed by atoms with van der Waals surface area (Å²) < 4.78 is 5.43. The third-order valence-electron chi connectivity index (χ3n) is 5.30. The zero-order valence-corrected chi connectivity index (χ0v) is 14.4. The number of likely N-dealkylation sites (tertiary alicyclic amines) is 2. The second-order valence-corrected chi connectivity index (χ2v) is 6.90. The predicted octanol–water partition coefficient (Wildman–Crippen LogP) is 2.46. The van der Waals surface area contributed by atoms with Gasteiger partial charge in [-0.05, 0) is 58.2 Å². The van der Waals surface area contributed by atoms with Crippen LogP contribution in [0.2, 0.25) is 0 Å². The molecule has 23 heavy (non-hydrogen) atoms. The maximum Gasteiger partial charge on any atom is 0.243 e. The van der Waals surface area contributed by atoms with Crippen molar-refractivity contribution in [3.8, 4) is 5.75 Å². The standard InChI is InChI=1S/C18H27N3O2/c1-14(2)21-12-6-9-18(17(21)22)8-5-11-20(18)13-15-16(23-3)7-4-10-19-15/h4,7,10,14H,5-6,8-9,11-13H2,1-3H3. The number of amides is 1. The molecule has 1 aromatic rings. The average Bonchev–Trinajstić information content (AvgIpc) is 2.94. The van der Waals surface area contributed by atoms with E-state index in [-0.39, 0.29) is 11.6 Å². The van der Waals surface area contributed by atoms with Gasteiger partial charge >= 0.3 is 0 Å². The van der Waals surface area contributed by atoms with Crippen LogP contribution < -0.4 is 4.74 Å². The van der Waals surface area contributed by atoms with Gasteiger partial charge in [-0.25, -0.2) is 0 Å². The average molecular weight is 317 g/mol. The molecule has 1 spiro atoms. The molecule has 0 saturated carbocycles. The summed E-state index contributed by atoms with van der Waals surface area (Å²) in [7, 11) is 1.67. The van der Waals surface area contributed by atoms with E-state index in [4.69, 9.17) is 4.74 Å². The van der Waals surface area contributed by atoms with Crippen LogP contribution in [0.1, 0.15) is 45.2 Å². The number of pyridine rings is 1. The molecule has 0 bridgehead atoms. The van der Waals surface area contributed by atoms with Gasteiger partial charge in [0.05, 0.1) is 12.8 Å². The first kappa shape index (κ1) is 16.2. The van der Waals surface area contributed by atoms with Gasteiger partial charge in [-0.15, -0.1) is 0 Å². The van der Waals surface area contributed by atoms with Gasteiger partial charge in [-0.2, -0.15) is 0 Å². The summed E-state index contributed by atoms with van der Waals surface area (Å²) in [6.45, 7) is 6.74. The Labute approximate surface area is 138 Å². The SMILES string of the molecule is COc1cccnc1CN1CCCC12CCCN(C(C)C)C2=O. The first-order valence-electron chi connectivity index (χ1n) is 8.62. The minimum Gasteiger partial charge on any atom is -0.495 e. The summed E-state index contributed by atoms with van der Waals surface area (Å²) in [6.07, 6.45) is 5.88. The number of hydrogen-bond acceptors (Lipinski definition) is 4. The first-order valence-corrected chi connectivity index (χ1v) is 8.62. The van der Waals surface area contributed by atoms with Crippen molar-refractivity contribution in [3.05, 3.63) is 24.0 Å². The number of rotatable bonds is 4. The van der Waals surface area contributed by atoms with Crippen LogP contribution in [0.25, 0.3) is 0 Å². The van der Waals surface area contributed by atoms with E-state index in [0.717, 1.165) is 50.2 Å². The Hall–Kier alpha value is -1.62. The number of methoxy groups -OCH3 is 1. The molecule has 1 aromatic heterocycles. The van der Waals surface area contributed by atoms with Crippen molar-refractivity contribution in [2.75, 3.05) is 20.2 Å². The molecule has 1 amide bonds. The molecule has 2 saturated heterocycles. The summed E-state index contributed by atoms with van der Waals surface area (Å²) in [6, 6.07) is 4.09. The number of ether oxygens (including phenoxy) is 1. The third kappa shape index (κ3) is 2.82. The van der Waals surface area contributed by atoms with Crippen LogP contribution in [0.5, 0.6) is 5.75 Å². The summed E-state index contributed by atoms with van der Waals surface area (Å²) in [4.78, 5) is 22.1. The maximum absolute atomic E-state index is 13.2. The normalized spacial score (nSPS) is 25.6. The first-order chi connectivity index (χ1) is 11.1. The lowest BCUT2D eigenvalue weighted by Crippen LogP contribution is -2.61. The Morgan fingerprint density at radius 3 is 2.74 bits per heavy atom. The van der Waals surface area contributed by atoms with Crippen LogP contribution in [0.3, 0.4) is 0 Å². The van der Waals surface area contributed by atoms with Crippen molar-refractivity contribution in [1.29, 1.82) is 0 Å². The van der Waals surface area contributed by atoms with E-state index in [1.54, 1.807) is 13.3 Å². The lowest BCUT2D eigenvalue weighted by atomic mass is 9.84. The molecule has 2 aliphatic rings. The number of carbonyl (C=O) groups excluding carboxylic acids is 1. The molecule has 2 fully saturated rings. The molecule has 126 valence electrons. The zero-order chi connectivity index (χ0) is 16.4. The molecule has 1 atom stereocenters. The van der Waals surface area contributed by atoms with E-state index < -0.39 is 0 Å². The van der Waals surface area contributed by atoms with E-state index in [0.29, 0.717) is 12.5 Å². The highest BCUT2D eigenvalue weighted by Crippen LogP contribution is 2.40. The maximum atomic E-state index is 13.2. The van der Waals surface area contributed by atoms with Gasteiger partial charge in [0.25, 0.3) is 0 Å². The summed E-state index contributed by atoms with van der Waals surface area (Å²) in [5, 5.41) is 0. The van der Waals surface area contributed by atoms with E-state index >= 15 is 0 Å². The van der Waals surface area contributed by atoms with Crippen LogP contribution in [-0.2, 0) is 11.3 Å². The number of piperidine rings is 1. The van der Waals surface area contributed by atoms with Gasteiger partial charge in [0.15, 0.2) is 0 Å². The molecule has 1 unspecified atom stereocenters. The highest BCUT2D eigenvalue weighted by molar-refractivity contribution is 5.87. The van der Waals surface area contributed by atoms with E-state index in [2.05, 4.69) is 28.6 Å². The van der Waals surface area contributed by atoms with Gasteiger partial charge in [0.1, 0.15) is 11.3 Å². The topological polar surface area (TPSA) is 45.7 Å². The quantitative estimate of drug-likeness (QED) is 0.856. The van der Waals surface area contributed by atoms with Crippen molar-refractivity contribution in [2.45, 2.75) is 57.7 Å². The fraction of sp³-hybridized carbons (Fsp3) is 0.667. The van der Waals surface area contributed by atoms with Crippen molar-refractivity contribution in [2.24, 2.45) is 0 Å². The van der Waals surface area contributed by atoms with Crippen LogP contribution >= 0.6 is 0 Å². The van der Waals surface area contributed by atoms with Gasteiger partial charge in [-0.3, -0.25) is 14.7 Å². The molecular weight excluding hydrogens is 290 g/mol. The molecule has 5 heteroatoms. The second-order valence-electron chi connectivity index (χ2n) is 6.90. The summed E-state index contributed by atoms with van der Waals surface area (Å²) in [5.41, 5.74) is 0.594. The van der Waals surface area contributed by atoms with Crippen LogP contribution in [0.15, 0.2) is 18.3 Å². The molecule has 3 rings (SSSR count). The number of aromatic nitrogens is 1. The summed E-state index contributed by atoms with van der Waals surface area (Å²) >= 11 is 0. The van der Waals surface area contributed by atoms with Gasteiger partial charge in [0, 0.05) is 25.3 Å². The van der Waals surface area contributed by atoms with E-state index in [9.17, 15) is 4.79 Å². The molecular formula is C18H27N3O2. The second kappa shape index (κ2) is 6.48.